The first-order chi connectivity index (χ1) is 19.7. The molecule has 42 heavy (non-hydrogen) atoms. The molecule has 0 bridgehead atoms. The van der Waals surface area contributed by atoms with Gasteiger partial charge in [-0.2, -0.15) is 0 Å². The summed E-state index contributed by atoms with van der Waals surface area (Å²) >= 11 is 0. The van der Waals surface area contributed by atoms with Crippen LogP contribution in [0.15, 0.2) is 30.3 Å². The minimum absolute atomic E-state index is 0.0595. The fourth-order valence-corrected chi connectivity index (χ4v) is 5.04. The van der Waals surface area contributed by atoms with Crippen LogP contribution in [0, 0.1) is 23.7 Å². The van der Waals surface area contributed by atoms with E-state index in [-0.39, 0.29) is 30.1 Å². The van der Waals surface area contributed by atoms with Crippen LogP contribution in [0.5, 0.6) is 0 Å². The van der Waals surface area contributed by atoms with Gasteiger partial charge in [-0.15, -0.1) is 0 Å². The van der Waals surface area contributed by atoms with E-state index < -0.39 is 59.7 Å². The van der Waals surface area contributed by atoms with Gasteiger partial charge in [0, 0.05) is 6.42 Å². The predicted molar refractivity (Wildman–Crippen MR) is 163 cm³/mol. The number of rotatable bonds is 9. The lowest BCUT2D eigenvalue weighted by molar-refractivity contribution is -0.135. The fourth-order valence-electron chi connectivity index (χ4n) is 5.04. The number of nitrogens with one attached hydrogen (secondary N) is 5. The van der Waals surface area contributed by atoms with Gasteiger partial charge in [0.05, 0.1) is 0 Å². The normalized spacial score (nSPS) is 25.0. The van der Waals surface area contributed by atoms with E-state index in [0.29, 0.717) is 19.3 Å². The summed E-state index contributed by atoms with van der Waals surface area (Å²) in [7, 11) is 0. The van der Waals surface area contributed by atoms with E-state index >= 15 is 0 Å². The summed E-state index contributed by atoms with van der Waals surface area (Å²) in [6, 6.07) is 4.61. The highest BCUT2D eigenvalue weighted by atomic mass is 16.2. The monoisotopic (exact) mass is 585 g/mol. The molecular weight excluding hydrogens is 534 g/mol. The molecule has 10 heteroatoms. The van der Waals surface area contributed by atoms with Crippen molar-refractivity contribution >= 4 is 29.5 Å². The molecule has 5 atom stereocenters. The van der Waals surface area contributed by atoms with Crippen molar-refractivity contribution in [3.63, 3.8) is 0 Å². The molecule has 2 rings (SSSR count). The molecular formula is C32H51N5O5. The van der Waals surface area contributed by atoms with Gasteiger partial charge in [0.25, 0.3) is 0 Å². The average Bonchev–Trinajstić information content (AvgIpc) is 2.89. The molecule has 1 aromatic rings. The third-order valence-corrected chi connectivity index (χ3v) is 7.18. The van der Waals surface area contributed by atoms with Gasteiger partial charge in [-0.1, -0.05) is 85.7 Å². The van der Waals surface area contributed by atoms with Crippen LogP contribution in [-0.4, -0.2) is 59.7 Å². The Kier molecular flexibility index (Phi) is 13.5. The minimum atomic E-state index is -0.994. The number of hydrogen-bond acceptors (Lipinski definition) is 5. The highest BCUT2D eigenvalue weighted by Crippen LogP contribution is 2.14. The van der Waals surface area contributed by atoms with Gasteiger partial charge in [0.1, 0.15) is 30.2 Å². The number of benzene rings is 1. The van der Waals surface area contributed by atoms with E-state index in [2.05, 4.69) is 26.6 Å². The maximum absolute atomic E-state index is 13.7. The standard InChI is InChI=1S/C32H51N5O5/c1-18(2)14-23-28(38)34-25(16-20(5)6)31(41)37-27(21(7)8)32(42)36-24(15-19(3)4)29(39)35-26(30(40)33-23)17-22-12-10-9-11-13-22/h9-13,18-21,23-27H,14-17H2,1-8H3,(H,33,40)(H,34,38)(H,35,39)(H,36,42)(H,37,41)/t23-,24-,25+,26-,27+/m0/s1. The molecule has 1 aromatic carbocycles. The zero-order valence-electron chi connectivity index (χ0n) is 26.5. The summed E-state index contributed by atoms with van der Waals surface area (Å²) in [6.07, 6.45) is 1.21. The summed E-state index contributed by atoms with van der Waals surface area (Å²) < 4.78 is 0. The third-order valence-electron chi connectivity index (χ3n) is 7.18. The summed E-state index contributed by atoms with van der Waals surface area (Å²) in [4.78, 5) is 68.0. The molecule has 0 aliphatic carbocycles. The van der Waals surface area contributed by atoms with Crippen molar-refractivity contribution < 1.29 is 24.0 Å². The number of amides is 5. The fraction of sp³-hybridized carbons (Fsp3) is 0.656. The second-order valence-electron chi connectivity index (χ2n) is 13.1. The molecule has 0 unspecified atom stereocenters. The first-order valence-corrected chi connectivity index (χ1v) is 15.2. The van der Waals surface area contributed by atoms with E-state index in [1.165, 1.54) is 0 Å². The second-order valence-corrected chi connectivity index (χ2v) is 13.1. The molecule has 0 aromatic heterocycles. The lowest BCUT2D eigenvalue weighted by atomic mass is 9.98. The molecule has 5 amide bonds. The predicted octanol–water partition coefficient (Wildman–Crippen LogP) is 2.46. The molecule has 234 valence electrons. The SMILES string of the molecule is CC(C)C[C@@H]1NC(=O)[C@H](Cc2ccccc2)NC(=O)[C@H](CC(C)C)NC(=O)[C@@H](C(C)C)NC(=O)[C@@H](CC(C)C)NC1=O. The van der Waals surface area contributed by atoms with Gasteiger partial charge >= 0.3 is 0 Å². The quantitative estimate of drug-likeness (QED) is 0.302. The Balaban J connectivity index is 2.59. The van der Waals surface area contributed by atoms with Crippen molar-refractivity contribution in [2.24, 2.45) is 23.7 Å². The van der Waals surface area contributed by atoms with Crippen LogP contribution >= 0.6 is 0 Å². The van der Waals surface area contributed by atoms with Crippen molar-refractivity contribution in [1.29, 1.82) is 0 Å². The Morgan fingerprint density at radius 2 is 0.857 bits per heavy atom. The second kappa shape index (κ2) is 16.3. The van der Waals surface area contributed by atoms with Gasteiger partial charge in [0.2, 0.25) is 29.5 Å². The zero-order valence-corrected chi connectivity index (χ0v) is 26.5. The molecule has 0 radical (unpaired) electrons. The Labute approximate surface area is 250 Å². The molecule has 5 N–H and O–H groups in total. The molecule has 0 spiro atoms. The highest BCUT2D eigenvalue weighted by Gasteiger charge is 2.36. The molecule has 10 nitrogen and oxygen atoms in total. The van der Waals surface area contributed by atoms with Gasteiger partial charge in [0.15, 0.2) is 0 Å². The van der Waals surface area contributed by atoms with Crippen LogP contribution in [0.2, 0.25) is 0 Å². The molecule has 0 saturated carbocycles. The maximum atomic E-state index is 13.7. The zero-order chi connectivity index (χ0) is 31.6. The van der Waals surface area contributed by atoms with Crippen LogP contribution in [0.4, 0.5) is 0 Å². The summed E-state index contributed by atoms with van der Waals surface area (Å²) in [5.74, 6) is -2.57. The Bertz CT molecular complexity index is 1070. The average molecular weight is 586 g/mol. The number of carbonyl (C=O) groups is 5. The van der Waals surface area contributed by atoms with Gasteiger partial charge in [-0.05, 0) is 48.5 Å². The number of carbonyl (C=O) groups excluding carboxylic acids is 5. The van der Waals surface area contributed by atoms with Gasteiger partial charge < -0.3 is 26.6 Å². The highest BCUT2D eigenvalue weighted by molar-refractivity contribution is 5.98. The van der Waals surface area contributed by atoms with Crippen LogP contribution < -0.4 is 26.6 Å². The lowest BCUT2D eigenvalue weighted by Crippen LogP contribution is -2.59. The third kappa shape index (κ3) is 11.1. The summed E-state index contributed by atoms with van der Waals surface area (Å²) in [5.41, 5.74) is 0.830. The smallest absolute Gasteiger partial charge is 0.243 e. The van der Waals surface area contributed by atoms with Crippen LogP contribution in [-0.2, 0) is 30.4 Å². The molecule has 1 heterocycles. The van der Waals surface area contributed by atoms with Crippen LogP contribution in [0.1, 0.15) is 80.2 Å². The van der Waals surface area contributed by atoms with Crippen molar-refractivity contribution in [2.45, 2.75) is 111 Å². The van der Waals surface area contributed by atoms with Gasteiger partial charge in [-0.25, -0.2) is 0 Å². The minimum Gasteiger partial charge on any atom is -0.343 e. The molecule has 1 aliphatic heterocycles. The lowest BCUT2D eigenvalue weighted by Gasteiger charge is -2.28. The van der Waals surface area contributed by atoms with E-state index in [9.17, 15) is 24.0 Å². The summed E-state index contributed by atoms with van der Waals surface area (Å²) in [5, 5.41) is 14.2. The molecule has 1 saturated heterocycles. The summed E-state index contributed by atoms with van der Waals surface area (Å²) in [6.45, 7) is 15.3. The molecule has 1 aliphatic rings. The Hall–Kier alpha value is -3.43. The first-order valence-electron chi connectivity index (χ1n) is 15.2. The van der Waals surface area contributed by atoms with Crippen LogP contribution in [0.25, 0.3) is 0 Å². The van der Waals surface area contributed by atoms with Crippen LogP contribution in [0.3, 0.4) is 0 Å². The van der Waals surface area contributed by atoms with Gasteiger partial charge in [-0.3, -0.25) is 24.0 Å². The van der Waals surface area contributed by atoms with Crippen molar-refractivity contribution in [3.05, 3.63) is 35.9 Å². The maximum Gasteiger partial charge on any atom is 0.243 e. The largest absolute Gasteiger partial charge is 0.343 e. The first kappa shape index (κ1) is 34.8. The van der Waals surface area contributed by atoms with E-state index in [4.69, 9.17) is 0 Å². The Morgan fingerprint density at radius 1 is 0.500 bits per heavy atom. The van der Waals surface area contributed by atoms with E-state index in [0.717, 1.165) is 5.56 Å². The van der Waals surface area contributed by atoms with Crippen molar-refractivity contribution in [3.8, 4) is 0 Å². The Morgan fingerprint density at radius 3 is 1.26 bits per heavy atom. The topological polar surface area (TPSA) is 146 Å². The van der Waals surface area contributed by atoms with E-state index in [1.807, 2.05) is 85.7 Å². The van der Waals surface area contributed by atoms with E-state index in [1.54, 1.807) is 0 Å². The van der Waals surface area contributed by atoms with Crippen molar-refractivity contribution in [2.75, 3.05) is 0 Å². The van der Waals surface area contributed by atoms with Crippen molar-refractivity contribution in [1.82, 2.24) is 26.6 Å². The number of hydrogen-bond donors (Lipinski definition) is 5. The molecule has 1 fully saturated rings.